The molecule has 1 aromatic carbocycles. The highest BCUT2D eigenvalue weighted by Gasteiger charge is 2.25. The van der Waals surface area contributed by atoms with E-state index < -0.39 is 5.97 Å². The number of benzene rings is 1. The molecular formula is C14H9Cl2N3O3S. The number of ether oxygens (including phenoxy) is 1. The second-order valence-corrected chi connectivity index (χ2v) is 5.91. The van der Waals surface area contributed by atoms with Gasteiger partial charge in [0.25, 0.3) is 0 Å². The number of esters is 1. The van der Waals surface area contributed by atoms with Crippen molar-refractivity contribution in [1.82, 2.24) is 14.7 Å². The third-order valence-electron chi connectivity index (χ3n) is 2.97. The zero-order valence-electron chi connectivity index (χ0n) is 11.7. The van der Waals surface area contributed by atoms with Gasteiger partial charge < -0.3 is 9.26 Å². The summed E-state index contributed by atoms with van der Waals surface area (Å²) in [7, 11) is 0. The van der Waals surface area contributed by atoms with E-state index in [4.69, 9.17) is 32.5 Å². The minimum atomic E-state index is -0.561. The third kappa shape index (κ3) is 2.95. The summed E-state index contributed by atoms with van der Waals surface area (Å²) in [5.74, 6) is -0.561. The highest BCUT2D eigenvalue weighted by molar-refractivity contribution is 7.09. The molecule has 2 aromatic heterocycles. The van der Waals surface area contributed by atoms with E-state index in [1.165, 1.54) is 6.26 Å². The van der Waals surface area contributed by atoms with Gasteiger partial charge in [-0.2, -0.15) is 0 Å². The van der Waals surface area contributed by atoms with Crippen molar-refractivity contribution >= 4 is 40.7 Å². The lowest BCUT2D eigenvalue weighted by atomic mass is 10.1. The molecule has 0 saturated heterocycles. The van der Waals surface area contributed by atoms with Crippen molar-refractivity contribution in [2.45, 2.75) is 6.92 Å². The number of halogens is 2. The Labute approximate surface area is 145 Å². The average Bonchev–Trinajstić information content (AvgIpc) is 3.15. The van der Waals surface area contributed by atoms with Crippen molar-refractivity contribution in [3.05, 3.63) is 40.2 Å². The van der Waals surface area contributed by atoms with Gasteiger partial charge in [0.2, 0.25) is 0 Å². The molecule has 0 aliphatic carbocycles. The third-order valence-corrected chi connectivity index (χ3v) is 4.36. The molecule has 0 aliphatic heterocycles. The van der Waals surface area contributed by atoms with Crippen LogP contribution in [0.1, 0.15) is 17.4 Å². The van der Waals surface area contributed by atoms with Crippen molar-refractivity contribution < 1.29 is 14.1 Å². The van der Waals surface area contributed by atoms with Gasteiger partial charge in [0.05, 0.1) is 27.1 Å². The van der Waals surface area contributed by atoms with Gasteiger partial charge in [-0.1, -0.05) is 38.9 Å². The van der Waals surface area contributed by atoms with E-state index in [-0.39, 0.29) is 12.3 Å². The second kappa shape index (κ2) is 6.66. The first kappa shape index (κ1) is 15.9. The summed E-state index contributed by atoms with van der Waals surface area (Å²) in [4.78, 5) is 12.5. The van der Waals surface area contributed by atoms with Crippen molar-refractivity contribution in [2.75, 3.05) is 6.61 Å². The van der Waals surface area contributed by atoms with Crippen molar-refractivity contribution in [1.29, 1.82) is 0 Å². The Morgan fingerprint density at radius 1 is 1.35 bits per heavy atom. The molecule has 2 heterocycles. The van der Waals surface area contributed by atoms with Gasteiger partial charge in [-0.3, -0.25) is 0 Å². The standard InChI is InChI=1S/C14H9Cl2N3O3S/c1-2-21-14(20)12-13(23-19-17-12)7-6-22-18-11(7)10-8(15)4-3-5-9(10)16/h3-6H,2H2,1H3. The van der Waals surface area contributed by atoms with Gasteiger partial charge in [-0.15, -0.1) is 5.10 Å². The van der Waals surface area contributed by atoms with Crippen LogP contribution in [0.4, 0.5) is 0 Å². The van der Waals surface area contributed by atoms with Gasteiger partial charge in [-0.25, -0.2) is 4.79 Å². The van der Waals surface area contributed by atoms with Crippen LogP contribution in [-0.4, -0.2) is 27.3 Å². The van der Waals surface area contributed by atoms with Gasteiger partial charge in [-0.05, 0) is 30.6 Å². The number of hydrogen-bond acceptors (Lipinski definition) is 7. The van der Waals surface area contributed by atoms with E-state index in [0.717, 1.165) is 11.5 Å². The molecule has 0 radical (unpaired) electrons. The minimum absolute atomic E-state index is 0.101. The normalized spacial score (nSPS) is 10.7. The summed E-state index contributed by atoms with van der Waals surface area (Å²) >= 11 is 13.5. The fourth-order valence-electron chi connectivity index (χ4n) is 2.00. The van der Waals surface area contributed by atoms with Crippen molar-refractivity contribution in [2.24, 2.45) is 0 Å². The van der Waals surface area contributed by atoms with E-state index in [0.29, 0.717) is 31.7 Å². The number of hydrogen-bond donors (Lipinski definition) is 0. The highest BCUT2D eigenvalue weighted by atomic mass is 35.5. The molecule has 3 rings (SSSR count). The number of rotatable bonds is 4. The van der Waals surface area contributed by atoms with Crippen molar-refractivity contribution in [3.8, 4) is 21.7 Å². The Bertz CT molecular complexity index is 842. The van der Waals surface area contributed by atoms with Gasteiger partial charge in [0.15, 0.2) is 5.69 Å². The largest absolute Gasteiger partial charge is 0.461 e. The molecule has 3 aromatic rings. The molecule has 0 saturated carbocycles. The smallest absolute Gasteiger partial charge is 0.360 e. The molecule has 9 heteroatoms. The van der Waals surface area contributed by atoms with Crippen LogP contribution in [-0.2, 0) is 4.74 Å². The summed E-state index contributed by atoms with van der Waals surface area (Å²) in [5.41, 5.74) is 1.56. The lowest BCUT2D eigenvalue weighted by Crippen LogP contribution is -2.06. The minimum Gasteiger partial charge on any atom is -0.461 e. The first-order chi connectivity index (χ1) is 11.1. The monoisotopic (exact) mass is 369 g/mol. The molecule has 0 atom stereocenters. The van der Waals surface area contributed by atoms with E-state index in [1.807, 2.05) is 0 Å². The summed E-state index contributed by atoms with van der Waals surface area (Å²) in [5, 5.41) is 8.63. The number of nitrogens with zero attached hydrogens (tertiary/aromatic N) is 3. The number of carbonyl (C=O) groups is 1. The predicted octanol–water partition coefficient (Wildman–Crippen LogP) is 4.34. The van der Waals surface area contributed by atoms with Crippen LogP contribution < -0.4 is 0 Å². The zero-order chi connectivity index (χ0) is 16.4. The molecule has 0 unspecified atom stereocenters. The quantitative estimate of drug-likeness (QED) is 0.636. The Balaban J connectivity index is 2.14. The predicted molar refractivity (Wildman–Crippen MR) is 86.8 cm³/mol. The first-order valence-electron chi connectivity index (χ1n) is 6.52. The molecule has 0 spiro atoms. The van der Waals surface area contributed by atoms with E-state index in [1.54, 1.807) is 25.1 Å². The topological polar surface area (TPSA) is 78.1 Å². The highest BCUT2D eigenvalue weighted by Crippen LogP contribution is 2.41. The van der Waals surface area contributed by atoms with Gasteiger partial charge in [0.1, 0.15) is 12.0 Å². The SMILES string of the molecule is CCOC(=O)c1nnsc1-c1conc1-c1c(Cl)cccc1Cl. The van der Waals surface area contributed by atoms with E-state index >= 15 is 0 Å². The average molecular weight is 370 g/mol. The lowest BCUT2D eigenvalue weighted by Gasteiger charge is -2.05. The fraction of sp³-hybridized carbons (Fsp3) is 0.143. The van der Waals surface area contributed by atoms with E-state index in [2.05, 4.69) is 14.7 Å². The molecule has 23 heavy (non-hydrogen) atoms. The Morgan fingerprint density at radius 2 is 2.09 bits per heavy atom. The summed E-state index contributed by atoms with van der Waals surface area (Å²) < 4.78 is 13.9. The lowest BCUT2D eigenvalue weighted by molar-refractivity contribution is 0.0520. The summed E-state index contributed by atoms with van der Waals surface area (Å²) in [6.07, 6.45) is 1.40. The molecule has 118 valence electrons. The first-order valence-corrected chi connectivity index (χ1v) is 8.05. The Kier molecular flexibility index (Phi) is 4.61. The van der Waals surface area contributed by atoms with Crippen LogP contribution in [0.15, 0.2) is 29.0 Å². The van der Waals surface area contributed by atoms with Crippen LogP contribution in [0.2, 0.25) is 10.0 Å². The van der Waals surface area contributed by atoms with Crippen LogP contribution in [0.3, 0.4) is 0 Å². The van der Waals surface area contributed by atoms with Gasteiger partial charge in [0, 0.05) is 5.56 Å². The Hall–Kier alpha value is -1.96. The zero-order valence-corrected chi connectivity index (χ0v) is 14.1. The molecule has 0 aliphatic rings. The second-order valence-electron chi connectivity index (χ2n) is 4.34. The molecule has 0 amide bonds. The van der Waals surface area contributed by atoms with Crippen molar-refractivity contribution in [3.63, 3.8) is 0 Å². The maximum absolute atomic E-state index is 12.0. The fourth-order valence-corrected chi connectivity index (χ4v) is 3.24. The molecular weight excluding hydrogens is 361 g/mol. The summed E-state index contributed by atoms with van der Waals surface area (Å²) in [6.45, 7) is 1.95. The maximum atomic E-state index is 12.0. The molecule has 6 nitrogen and oxygen atoms in total. The number of aromatic nitrogens is 3. The molecule has 0 bridgehead atoms. The van der Waals surface area contributed by atoms with Crippen LogP contribution in [0, 0.1) is 0 Å². The van der Waals surface area contributed by atoms with Crippen LogP contribution in [0.5, 0.6) is 0 Å². The van der Waals surface area contributed by atoms with Gasteiger partial charge >= 0.3 is 5.97 Å². The maximum Gasteiger partial charge on any atom is 0.360 e. The molecule has 0 fully saturated rings. The number of carbonyl (C=O) groups excluding carboxylic acids is 1. The van der Waals surface area contributed by atoms with Crippen LogP contribution in [0.25, 0.3) is 21.7 Å². The summed E-state index contributed by atoms with van der Waals surface area (Å²) in [6, 6.07) is 5.11. The Morgan fingerprint density at radius 3 is 2.78 bits per heavy atom. The van der Waals surface area contributed by atoms with Crippen LogP contribution >= 0.6 is 34.7 Å². The molecule has 0 N–H and O–H groups in total. The van der Waals surface area contributed by atoms with E-state index in [9.17, 15) is 4.79 Å².